The molecule has 0 heterocycles. The Bertz CT molecular complexity index is 1410. The number of ether oxygens (including phenoxy) is 8. The zero-order valence-corrected chi connectivity index (χ0v) is 30.0. The Morgan fingerprint density at radius 3 is 1.29 bits per heavy atom. The fraction of sp³-hybridized carbons (Fsp3) is 0.333. The Hall–Kier alpha value is -5.46. The molecule has 0 amide bonds. The van der Waals surface area contributed by atoms with Crippen molar-refractivity contribution in [2.45, 2.75) is 20.8 Å². The molecule has 0 aliphatic rings. The van der Waals surface area contributed by atoms with Gasteiger partial charge in [-0.25, -0.2) is 9.59 Å². The van der Waals surface area contributed by atoms with E-state index in [0.717, 1.165) is 29.6 Å². The lowest BCUT2D eigenvalue weighted by Crippen LogP contribution is -2.13. The van der Waals surface area contributed by atoms with Crippen molar-refractivity contribution in [3.8, 4) is 23.0 Å². The molecule has 12 heteroatoms. The molecule has 276 valence electrons. The van der Waals surface area contributed by atoms with Crippen LogP contribution in [0.15, 0.2) is 91.0 Å². The van der Waals surface area contributed by atoms with E-state index in [1.54, 1.807) is 76.6 Å². The number of benzene rings is 3. The van der Waals surface area contributed by atoms with Crippen LogP contribution in [0.3, 0.4) is 0 Å². The minimum atomic E-state index is -0.417. The van der Waals surface area contributed by atoms with E-state index >= 15 is 0 Å². The number of hydrogen-bond acceptors (Lipinski definition) is 12. The van der Waals surface area contributed by atoms with Gasteiger partial charge in [0.25, 0.3) is 0 Å². The summed E-state index contributed by atoms with van der Waals surface area (Å²) in [5, 5.41) is 0. The fourth-order valence-electron chi connectivity index (χ4n) is 3.54. The van der Waals surface area contributed by atoms with Crippen molar-refractivity contribution in [2.24, 2.45) is 0 Å². The third kappa shape index (κ3) is 20.0. The third-order valence-electron chi connectivity index (χ3n) is 6.25. The fourth-order valence-corrected chi connectivity index (χ4v) is 3.54. The van der Waals surface area contributed by atoms with E-state index in [2.05, 4.69) is 13.2 Å². The summed E-state index contributed by atoms with van der Waals surface area (Å²) < 4.78 is 41.1. The van der Waals surface area contributed by atoms with Crippen molar-refractivity contribution in [2.75, 3.05) is 67.1 Å². The molecule has 0 saturated carbocycles. The van der Waals surface area contributed by atoms with Gasteiger partial charge >= 0.3 is 11.9 Å². The molecule has 0 radical (unpaired) electrons. The molecular formula is C39H48O12. The van der Waals surface area contributed by atoms with E-state index in [9.17, 15) is 19.2 Å². The minimum absolute atomic E-state index is 0.194. The molecule has 12 nitrogen and oxygen atoms in total. The maximum atomic E-state index is 11.0. The van der Waals surface area contributed by atoms with Crippen molar-refractivity contribution in [1.82, 2.24) is 0 Å². The van der Waals surface area contributed by atoms with E-state index in [1.165, 1.54) is 0 Å². The van der Waals surface area contributed by atoms with Gasteiger partial charge in [0, 0.05) is 22.3 Å². The zero-order chi connectivity index (χ0) is 37.9. The number of aldehydes is 2. The second-order valence-electron chi connectivity index (χ2n) is 10.5. The highest BCUT2D eigenvalue weighted by atomic mass is 16.6. The maximum absolute atomic E-state index is 11.0. The summed E-state index contributed by atoms with van der Waals surface area (Å²) in [6.07, 6.45) is 1.55. The minimum Gasteiger partial charge on any atom is -0.497 e. The van der Waals surface area contributed by atoms with Gasteiger partial charge in [0.05, 0.1) is 40.6 Å². The number of aryl methyl sites for hydroxylation is 1. The molecule has 0 atom stereocenters. The summed E-state index contributed by atoms with van der Waals surface area (Å²) in [6.45, 7) is 14.7. The lowest BCUT2D eigenvalue weighted by molar-refractivity contribution is -0.141. The van der Waals surface area contributed by atoms with Crippen molar-refractivity contribution < 1.29 is 57.1 Å². The maximum Gasteiger partial charge on any atom is 0.333 e. The van der Waals surface area contributed by atoms with Gasteiger partial charge in [0.15, 0.2) is 0 Å². The highest BCUT2D eigenvalue weighted by Crippen LogP contribution is 2.22. The topological polar surface area (TPSA) is 142 Å². The summed E-state index contributed by atoms with van der Waals surface area (Å²) in [5.41, 5.74) is 3.03. The van der Waals surface area contributed by atoms with E-state index < -0.39 is 11.9 Å². The van der Waals surface area contributed by atoms with Crippen LogP contribution in [-0.2, 0) is 28.5 Å². The highest BCUT2D eigenvalue weighted by Gasteiger charge is 2.03. The molecule has 0 fully saturated rings. The van der Waals surface area contributed by atoms with Crippen LogP contribution in [0.25, 0.3) is 0 Å². The van der Waals surface area contributed by atoms with Crippen molar-refractivity contribution in [1.29, 1.82) is 0 Å². The second kappa shape index (κ2) is 26.4. The van der Waals surface area contributed by atoms with Gasteiger partial charge in [-0.2, -0.15) is 0 Å². The average Bonchev–Trinajstić information content (AvgIpc) is 3.14. The first-order valence-corrected chi connectivity index (χ1v) is 15.9. The van der Waals surface area contributed by atoms with Crippen LogP contribution in [0.1, 0.15) is 40.1 Å². The van der Waals surface area contributed by atoms with Gasteiger partial charge in [0.2, 0.25) is 0 Å². The first kappa shape index (κ1) is 43.6. The number of rotatable bonds is 20. The number of esters is 2. The number of carbonyl (C=O) groups excluding carboxylic acids is 4. The SMILES string of the molecule is C=C(C)C(=O)OCCOCCOc1ccc(C=O)cc1.C=C(C)C(=O)OCCOCCOc1ccc(C=O)cc1.COc1ccc(OC)c(C)c1. The molecule has 0 aliphatic carbocycles. The summed E-state index contributed by atoms with van der Waals surface area (Å²) in [4.78, 5) is 43.0. The lowest BCUT2D eigenvalue weighted by atomic mass is 10.2. The van der Waals surface area contributed by atoms with Crippen molar-refractivity contribution >= 4 is 24.5 Å². The molecule has 0 spiro atoms. The van der Waals surface area contributed by atoms with Gasteiger partial charge in [-0.05, 0) is 93.1 Å². The monoisotopic (exact) mass is 708 g/mol. The summed E-state index contributed by atoms with van der Waals surface area (Å²) in [5.74, 6) is 2.27. The molecule has 3 aromatic carbocycles. The largest absolute Gasteiger partial charge is 0.497 e. The predicted octanol–water partition coefficient (Wildman–Crippen LogP) is 6.04. The van der Waals surface area contributed by atoms with Crippen molar-refractivity contribution in [3.05, 3.63) is 108 Å². The van der Waals surface area contributed by atoms with Crippen LogP contribution in [0, 0.1) is 6.92 Å². The van der Waals surface area contributed by atoms with E-state index in [-0.39, 0.29) is 13.2 Å². The Morgan fingerprint density at radius 1 is 0.569 bits per heavy atom. The number of carbonyl (C=O) groups is 4. The van der Waals surface area contributed by atoms with Gasteiger partial charge in [0.1, 0.15) is 62.0 Å². The summed E-state index contributed by atoms with van der Waals surface area (Å²) >= 11 is 0. The van der Waals surface area contributed by atoms with E-state index in [4.69, 9.17) is 37.9 Å². The second-order valence-corrected chi connectivity index (χ2v) is 10.5. The molecular weight excluding hydrogens is 660 g/mol. The molecule has 0 aromatic heterocycles. The lowest BCUT2D eigenvalue weighted by Gasteiger charge is -2.08. The normalized spacial score (nSPS) is 9.75. The van der Waals surface area contributed by atoms with Gasteiger partial charge in [-0.1, -0.05) is 13.2 Å². The van der Waals surface area contributed by atoms with Crippen LogP contribution in [0.5, 0.6) is 23.0 Å². The zero-order valence-electron chi connectivity index (χ0n) is 30.0. The van der Waals surface area contributed by atoms with Gasteiger partial charge in [-0.15, -0.1) is 0 Å². The Morgan fingerprint density at radius 2 is 0.961 bits per heavy atom. The van der Waals surface area contributed by atoms with Crippen LogP contribution >= 0.6 is 0 Å². The molecule has 0 bridgehead atoms. The quantitative estimate of drug-likeness (QED) is 0.0585. The van der Waals surface area contributed by atoms with Crippen LogP contribution in [0.4, 0.5) is 0 Å². The van der Waals surface area contributed by atoms with Crippen LogP contribution in [0.2, 0.25) is 0 Å². The number of methoxy groups -OCH3 is 2. The van der Waals surface area contributed by atoms with Crippen LogP contribution in [-0.4, -0.2) is 91.6 Å². The standard InChI is InChI=1S/2C15H18O5.C9H12O2/c2*1-12(2)15(17)20-10-8-18-7-9-19-14-5-3-13(11-16)4-6-14;1-7-6-8(10-2)4-5-9(7)11-3/h2*3-6,11H,1,7-10H2,2H3;4-6H,1-3H3. The average molecular weight is 709 g/mol. The molecule has 0 aliphatic heterocycles. The predicted molar refractivity (Wildman–Crippen MR) is 192 cm³/mol. The molecule has 3 aromatic rings. The first-order chi connectivity index (χ1) is 24.5. The van der Waals surface area contributed by atoms with Crippen molar-refractivity contribution in [3.63, 3.8) is 0 Å². The summed E-state index contributed by atoms with van der Waals surface area (Å²) in [6, 6.07) is 19.3. The Kier molecular flexibility index (Phi) is 22.6. The molecule has 0 unspecified atom stereocenters. The van der Waals surface area contributed by atoms with Gasteiger partial charge in [-0.3, -0.25) is 9.59 Å². The molecule has 0 saturated heterocycles. The molecule has 51 heavy (non-hydrogen) atoms. The van der Waals surface area contributed by atoms with Gasteiger partial charge < -0.3 is 37.9 Å². The first-order valence-electron chi connectivity index (χ1n) is 15.9. The highest BCUT2D eigenvalue weighted by molar-refractivity contribution is 5.87. The van der Waals surface area contributed by atoms with E-state index in [1.807, 2.05) is 25.1 Å². The number of hydrogen-bond donors (Lipinski definition) is 0. The third-order valence-corrected chi connectivity index (χ3v) is 6.25. The Labute approximate surface area is 299 Å². The van der Waals surface area contributed by atoms with E-state index in [0.29, 0.717) is 73.4 Å². The smallest absolute Gasteiger partial charge is 0.333 e. The van der Waals surface area contributed by atoms with Crippen LogP contribution < -0.4 is 18.9 Å². The molecule has 3 rings (SSSR count). The summed E-state index contributed by atoms with van der Waals surface area (Å²) in [7, 11) is 3.32. The Balaban J connectivity index is 0.000000399. The molecule has 0 N–H and O–H groups in total.